The fourth-order valence-electron chi connectivity index (χ4n) is 1.87. The van der Waals surface area contributed by atoms with Crippen LogP contribution in [0.25, 0.3) is 0 Å². The fraction of sp³-hybridized carbons (Fsp3) is 0.733. The average molecular weight is 265 g/mol. The molecule has 1 unspecified atom stereocenters. The molecular weight excluding hydrogens is 238 g/mol. The molecule has 108 valence electrons. The monoisotopic (exact) mass is 265 g/mol. The van der Waals surface area contributed by atoms with Crippen molar-refractivity contribution in [2.24, 2.45) is 5.92 Å². The zero-order valence-electron chi connectivity index (χ0n) is 13.2. The van der Waals surface area contributed by atoms with Crippen molar-refractivity contribution in [2.75, 3.05) is 12.4 Å². The Kier molecular flexibility index (Phi) is 5.15. The van der Waals surface area contributed by atoms with Crippen molar-refractivity contribution in [3.8, 4) is 5.88 Å². The van der Waals surface area contributed by atoms with Gasteiger partial charge in [0.05, 0.1) is 6.10 Å². The smallest absolute Gasteiger partial charge is 0.219 e. The molecule has 0 radical (unpaired) electrons. The minimum atomic E-state index is -0.0910. The predicted octanol–water partition coefficient (Wildman–Crippen LogP) is 3.63. The van der Waals surface area contributed by atoms with Crippen LogP contribution in [0.2, 0.25) is 0 Å². The van der Waals surface area contributed by atoms with E-state index in [-0.39, 0.29) is 11.5 Å². The molecule has 1 N–H and O–H groups in total. The Morgan fingerprint density at radius 2 is 1.84 bits per heavy atom. The highest BCUT2D eigenvalue weighted by molar-refractivity contribution is 5.38. The summed E-state index contributed by atoms with van der Waals surface area (Å²) in [4.78, 5) is 9.02. The van der Waals surface area contributed by atoms with E-state index in [1.54, 1.807) is 0 Å². The summed E-state index contributed by atoms with van der Waals surface area (Å²) in [6.07, 6.45) is 1.18. The Labute approximate surface area is 117 Å². The standard InChI is InChI=1S/C15H27N3O/c1-10(2)8-11(3)19-13-9-12(16-7)17-14(18-13)15(4,5)6/h9-11H,8H2,1-7H3,(H,16,17,18). The molecule has 0 amide bonds. The third-order valence-electron chi connectivity index (χ3n) is 2.75. The fourth-order valence-corrected chi connectivity index (χ4v) is 1.87. The SMILES string of the molecule is CNc1cc(OC(C)CC(C)C)nc(C(C)(C)C)n1. The van der Waals surface area contributed by atoms with Crippen LogP contribution < -0.4 is 10.1 Å². The lowest BCUT2D eigenvalue weighted by Crippen LogP contribution is -2.20. The summed E-state index contributed by atoms with van der Waals surface area (Å²) in [7, 11) is 1.86. The number of hydrogen-bond acceptors (Lipinski definition) is 4. The van der Waals surface area contributed by atoms with E-state index in [2.05, 4.69) is 56.8 Å². The van der Waals surface area contributed by atoms with Crippen molar-refractivity contribution in [3.05, 3.63) is 11.9 Å². The van der Waals surface area contributed by atoms with Crippen molar-refractivity contribution < 1.29 is 4.74 Å². The second-order valence-electron chi connectivity index (χ2n) is 6.47. The summed E-state index contributed by atoms with van der Waals surface area (Å²) in [5.41, 5.74) is -0.0910. The number of anilines is 1. The molecule has 0 saturated carbocycles. The van der Waals surface area contributed by atoms with Crippen LogP contribution in [0.15, 0.2) is 6.07 Å². The van der Waals surface area contributed by atoms with Crippen LogP contribution in [0.5, 0.6) is 5.88 Å². The van der Waals surface area contributed by atoms with Gasteiger partial charge in [-0.15, -0.1) is 0 Å². The van der Waals surface area contributed by atoms with E-state index in [4.69, 9.17) is 4.74 Å². The summed E-state index contributed by atoms with van der Waals surface area (Å²) in [6, 6.07) is 1.85. The summed E-state index contributed by atoms with van der Waals surface area (Å²) in [5, 5.41) is 3.06. The second-order valence-corrected chi connectivity index (χ2v) is 6.47. The maximum atomic E-state index is 5.91. The molecule has 4 heteroatoms. The summed E-state index contributed by atoms with van der Waals surface area (Å²) >= 11 is 0. The molecule has 1 aromatic rings. The van der Waals surface area contributed by atoms with Gasteiger partial charge in [-0.3, -0.25) is 0 Å². The highest BCUT2D eigenvalue weighted by Gasteiger charge is 2.20. The van der Waals surface area contributed by atoms with E-state index < -0.39 is 0 Å². The number of nitrogens with zero attached hydrogens (tertiary/aromatic N) is 2. The predicted molar refractivity (Wildman–Crippen MR) is 79.8 cm³/mol. The van der Waals surface area contributed by atoms with Gasteiger partial charge in [0, 0.05) is 18.5 Å². The molecule has 19 heavy (non-hydrogen) atoms. The molecular formula is C15H27N3O. The maximum absolute atomic E-state index is 5.91. The number of nitrogens with one attached hydrogen (secondary N) is 1. The molecule has 1 aromatic heterocycles. The van der Waals surface area contributed by atoms with E-state index in [9.17, 15) is 0 Å². The van der Waals surface area contributed by atoms with Crippen LogP contribution >= 0.6 is 0 Å². The Balaban J connectivity index is 2.94. The lowest BCUT2D eigenvalue weighted by atomic mass is 9.96. The van der Waals surface area contributed by atoms with Gasteiger partial charge >= 0.3 is 0 Å². The van der Waals surface area contributed by atoms with Gasteiger partial charge in [0.2, 0.25) is 5.88 Å². The summed E-state index contributed by atoms with van der Waals surface area (Å²) < 4.78 is 5.91. The van der Waals surface area contributed by atoms with Gasteiger partial charge in [-0.2, -0.15) is 4.98 Å². The summed E-state index contributed by atoms with van der Waals surface area (Å²) in [6.45, 7) is 12.8. The summed E-state index contributed by atoms with van der Waals surface area (Å²) in [5.74, 6) is 2.86. The van der Waals surface area contributed by atoms with Crippen LogP contribution in [0.1, 0.15) is 53.8 Å². The molecule has 0 bridgehead atoms. The Morgan fingerprint density at radius 1 is 1.21 bits per heavy atom. The van der Waals surface area contributed by atoms with Gasteiger partial charge in [0.15, 0.2) is 0 Å². The van der Waals surface area contributed by atoms with Gasteiger partial charge in [0.1, 0.15) is 11.6 Å². The number of rotatable bonds is 5. The van der Waals surface area contributed by atoms with Gasteiger partial charge in [0.25, 0.3) is 0 Å². The number of aromatic nitrogens is 2. The average Bonchev–Trinajstić information content (AvgIpc) is 2.25. The van der Waals surface area contributed by atoms with Crippen LogP contribution in [-0.4, -0.2) is 23.1 Å². The molecule has 1 heterocycles. The molecule has 0 fully saturated rings. The van der Waals surface area contributed by atoms with E-state index in [1.807, 2.05) is 13.1 Å². The lowest BCUT2D eigenvalue weighted by molar-refractivity contribution is 0.184. The van der Waals surface area contributed by atoms with E-state index in [1.165, 1.54) is 0 Å². The highest BCUT2D eigenvalue weighted by atomic mass is 16.5. The van der Waals surface area contributed by atoms with Crippen molar-refractivity contribution in [1.82, 2.24) is 9.97 Å². The van der Waals surface area contributed by atoms with E-state index >= 15 is 0 Å². The molecule has 0 spiro atoms. The molecule has 0 aliphatic carbocycles. The third kappa shape index (κ3) is 5.05. The highest BCUT2D eigenvalue weighted by Crippen LogP contribution is 2.24. The maximum Gasteiger partial charge on any atom is 0.219 e. The van der Waals surface area contributed by atoms with E-state index in [0.29, 0.717) is 11.8 Å². The van der Waals surface area contributed by atoms with E-state index in [0.717, 1.165) is 18.1 Å². The van der Waals surface area contributed by atoms with Crippen LogP contribution in [0.4, 0.5) is 5.82 Å². The Bertz CT molecular complexity index is 410. The topological polar surface area (TPSA) is 47.0 Å². The first-order chi connectivity index (χ1) is 8.72. The van der Waals surface area contributed by atoms with Crippen LogP contribution in [0, 0.1) is 5.92 Å². The number of hydrogen-bond donors (Lipinski definition) is 1. The van der Waals surface area contributed by atoms with Gasteiger partial charge in [-0.25, -0.2) is 4.98 Å². The Morgan fingerprint density at radius 3 is 2.32 bits per heavy atom. The number of ether oxygens (including phenoxy) is 1. The molecule has 0 aromatic carbocycles. The van der Waals surface area contributed by atoms with Gasteiger partial charge < -0.3 is 10.1 Å². The molecule has 1 atom stereocenters. The molecule has 0 saturated heterocycles. The third-order valence-corrected chi connectivity index (χ3v) is 2.75. The minimum absolute atomic E-state index is 0.0910. The molecule has 0 aliphatic rings. The van der Waals surface area contributed by atoms with Crippen molar-refractivity contribution >= 4 is 5.82 Å². The largest absolute Gasteiger partial charge is 0.474 e. The first kappa shape index (κ1) is 15.7. The Hall–Kier alpha value is -1.32. The zero-order chi connectivity index (χ0) is 14.6. The second kappa shape index (κ2) is 6.22. The minimum Gasteiger partial charge on any atom is -0.474 e. The molecule has 1 rings (SSSR count). The van der Waals surface area contributed by atoms with Crippen molar-refractivity contribution in [2.45, 2.75) is 59.5 Å². The molecule has 4 nitrogen and oxygen atoms in total. The van der Waals surface area contributed by atoms with Crippen LogP contribution in [0.3, 0.4) is 0 Å². The lowest BCUT2D eigenvalue weighted by Gasteiger charge is -2.20. The van der Waals surface area contributed by atoms with Crippen molar-refractivity contribution in [1.29, 1.82) is 0 Å². The molecule has 0 aliphatic heterocycles. The quantitative estimate of drug-likeness (QED) is 0.883. The normalized spacial score (nSPS) is 13.5. The first-order valence-electron chi connectivity index (χ1n) is 6.96. The van der Waals surface area contributed by atoms with Gasteiger partial charge in [-0.1, -0.05) is 34.6 Å². The zero-order valence-corrected chi connectivity index (χ0v) is 13.2. The van der Waals surface area contributed by atoms with Crippen molar-refractivity contribution in [3.63, 3.8) is 0 Å². The van der Waals surface area contributed by atoms with Crippen LogP contribution in [-0.2, 0) is 5.41 Å². The van der Waals surface area contributed by atoms with Gasteiger partial charge in [-0.05, 0) is 19.3 Å². The first-order valence-corrected chi connectivity index (χ1v) is 6.96.